The van der Waals surface area contributed by atoms with Gasteiger partial charge in [-0.15, -0.1) is 0 Å². The maximum Gasteiger partial charge on any atom is 0.327 e. The summed E-state index contributed by atoms with van der Waals surface area (Å²) in [6, 6.07) is -0.245. The number of nitrogens with one attached hydrogen (secondary N) is 1. The molecule has 2 fully saturated rings. The molecule has 3 N–H and O–H groups in total. The minimum Gasteiger partial charge on any atom is -0.352 e. The van der Waals surface area contributed by atoms with E-state index in [0.717, 1.165) is 57.8 Å². The van der Waals surface area contributed by atoms with Gasteiger partial charge in [0.1, 0.15) is 6.54 Å². The first kappa shape index (κ1) is 30.6. The van der Waals surface area contributed by atoms with E-state index >= 15 is 0 Å². The molecule has 1 aliphatic carbocycles. The zero-order chi connectivity index (χ0) is 26.0. The Morgan fingerprint density at radius 3 is 2.11 bits per heavy atom. The average molecular weight is 507 g/mol. The van der Waals surface area contributed by atoms with Crippen molar-refractivity contribution in [3.8, 4) is 0 Å². The third-order valence-corrected chi connectivity index (χ3v) is 7.83. The second-order valence-corrected chi connectivity index (χ2v) is 11.1. The number of unbranched alkanes of at least 4 members (excludes halogenated alkanes) is 11. The molecule has 2 aliphatic rings. The minimum atomic E-state index is -0.171. The van der Waals surface area contributed by atoms with Crippen molar-refractivity contribution in [2.75, 3.05) is 19.6 Å². The Labute approximate surface area is 220 Å². The Kier molecular flexibility index (Phi) is 15.8. The van der Waals surface area contributed by atoms with Crippen molar-refractivity contribution in [2.24, 2.45) is 5.73 Å². The van der Waals surface area contributed by atoms with Crippen LogP contribution in [0.25, 0.3) is 0 Å². The van der Waals surface area contributed by atoms with Crippen molar-refractivity contribution in [3.63, 3.8) is 0 Å². The molecule has 0 aromatic carbocycles. The lowest BCUT2D eigenvalue weighted by atomic mass is 9.94. The first-order valence-electron chi connectivity index (χ1n) is 15.2. The van der Waals surface area contributed by atoms with Gasteiger partial charge in [-0.05, 0) is 38.6 Å². The molecule has 1 heterocycles. The van der Waals surface area contributed by atoms with Crippen molar-refractivity contribution < 1.29 is 14.4 Å². The number of nitrogens with two attached hydrogens (primary N) is 1. The Morgan fingerprint density at radius 1 is 0.889 bits per heavy atom. The predicted molar refractivity (Wildman–Crippen MR) is 147 cm³/mol. The van der Waals surface area contributed by atoms with E-state index in [1.54, 1.807) is 4.90 Å². The summed E-state index contributed by atoms with van der Waals surface area (Å²) in [4.78, 5) is 41.5. The summed E-state index contributed by atoms with van der Waals surface area (Å²) in [5.74, 6) is -0.0225. The summed E-state index contributed by atoms with van der Waals surface area (Å²) in [6.45, 7) is 3.42. The molecule has 7 heteroatoms. The van der Waals surface area contributed by atoms with Crippen molar-refractivity contribution in [1.29, 1.82) is 0 Å². The summed E-state index contributed by atoms with van der Waals surface area (Å²) in [6.07, 6.45) is 22.2. The molecule has 1 atom stereocenters. The van der Waals surface area contributed by atoms with Crippen LogP contribution in [-0.4, -0.2) is 59.4 Å². The number of amides is 4. The number of rotatable bonds is 20. The van der Waals surface area contributed by atoms with Crippen LogP contribution in [0.15, 0.2) is 0 Å². The summed E-state index contributed by atoms with van der Waals surface area (Å²) < 4.78 is 0. The Hall–Kier alpha value is -1.63. The first-order valence-corrected chi connectivity index (χ1v) is 15.2. The number of hydrogen-bond donors (Lipinski definition) is 2. The zero-order valence-electron chi connectivity index (χ0n) is 23.1. The van der Waals surface area contributed by atoms with E-state index in [1.807, 2.05) is 0 Å². The van der Waals surface area contributed by atoms with Gasteiger partial charge in [0, 0.05) is 25.0 Å². The highest BCUT2D eigenvalue weighted by molar-refractivity contribution is 6.02. The molecule has 1 saturated carbocycles. The summed E-state index contributed by atoms with van der Waals surface area (Å²) in [5, 5.41) is 3.16. The quantitative estimate of drug-likeness (QED) is 0.159. The third-order valence-electron chi connectivity index (χ3n) is 7.83. The van der Waals surface area contributed by atoms with E-state index in [0.29, 0.717) is 19.5 Å². The highest BCUT2D eigenvalue weighted by Crippen LogP contribution is 2.26. The molecule has 1 saturated heterocycles. The van der Waals surface area contributed by atoms with Gasteiger partial charge in [-0.2, -0.15) is 0 Å². The van der Waals surface area contributed by atoms with E-state index < -0.39 is 0 Å². The van der Waals surface area contributed by atoms with E-state index in [9.17, 15) is 14.4 Å². The molecule has 0 aromatic rings. The molecule has 0 unspecified atom stereocenters. The molecule has 0 aromatic heterocycles. The van der Waals surface area contributed by atoms with Gasteiger partial charge < -0.3 is 16.0 Å². The van der Waals surface area contributed by atoms with E-state index in [2.05, 4.69) is 12.2 Å². The van der Waals surface area contributed by atoms with Gasteiger partial charge in [0.2, 0.25) is 5.91 Å². The van der Waals surface area contributed by atoms with Crippen molar-refractivity contribution in [3.05, 3.63) is 0 Å². The predicted octanol–water partition coefficient (Wildman–Crippen LogP) is 5.90. The molecule has 7 nitrogen and oxygen atoms in total. The summed E-state index contributed by atoms with van der Waals surface area (Å²) in [5.41, 5.74) is 5.67. The molecular weight excluding hydrogens is 452 g/mol. The smallest absolute Gasteiger partial charge is 0.327 e. The standard InChI is InChI=1S/C29H54N4O3/c1-2-3-4-5-6-7-8-9-10-11-15-21-27(34)31-25(18-16-17-22-30)23-32-24-28(35)33(29(32)36)26-19-13-12-14-20-26/h25-26H,2-24,30H2,1H3,(H,31,34)/t25-/m0/s1. The lowest BCUT2D eigenvalue weighted by Crippen LogP contribution is -2.46. The topological polar surface area (TPSA) is 95.7 Å². The van der Waals surface area contributed by atoms with Gasteiger partial charge in [-0.25, -0.2) is 4.79 Å². The number of urea groups is 1. The molecule has 0 radical (unpaired) electrons. The maximum atomic E-state index is 13.0. The Bertz CT molecular complexity index is 636. The fraction of sp³-hybridized carbons (Fsp3) is 0.897. The van der Waals surface area contributed by atoms with Crippen LogP contribution in [0.2, 0.25) is 0 Å². The monoisotopic (exact) mass is 506 g/mol. The van der Waals surface area contributed by atoms with Gasteiger partial charge in [0.05, 0.1) is 0 Å². The van der Waals surface area contributed by atoms with Crippen LogP contribution in [-0.2, 0) is 9.59 Å². The lowest BCUT2D eigenvalue weighted by Gasteiger charge is -2.30. The van der Waals surface area contributed by atoms with Crippen LogP contribution in [0.4, 0.5) is 4.79 Å². The second kappa shape index (κ2) is 18.6. The Morgan fingerprint density at radius 2 is 1.50 bits per heavy atom. The molecule has 36 heavy (non-hydrogen) atoms. The molecular formula is C29H54N4O3. The van der Waals surface area contributed by atoms with E-state index in [4.69, 9.17) is 5.73 Å². The number of carbonyl (C=O) groups is 3. The largest absolute Gasteiger partial charge is 0.352 e. The summed E-state index contributed by atoms with van der Waals surface area (Å²) in [7, 11) is 0. The zero-order valence-corrected chi connectivity index (χ0v) is 23.1. The number of hydrogen-bond acceptors (Lipinski definition) is 4. The highest BCUT2D eigenvalue weighted by Gasteiger charge is 2.41. The van der Waals surface area contributed by atoms with Gasteiger partial charge in [0.25, 0.3) is 5.91 Å². The molecule has 208 valence electrons. The van der Waals surface area contributed by atoms with Gasteiger partial charge in [-0.1, -0.05) is 96.8 Å². The third kappa shape index (κ3) is 11.6. The van der Waals surface area contributed by atoms with Gasteiger partial charge in [-0.3, -0.25) is 14.5 Å². The summed E-state index contributed by atoms with van der Waals surface area (Å²) >= 11 is 0. The van der Waals surface area contributed by atoms with Crippen molar-refractivity contribution in [1.82, 2.24) is 15.1 Å². The fourth-order valence-corrected chi connectivity index (χ4v) is 5.67. The highest BCUT2D eigenvalue weighted by atomic mass is 16.2. The van der Waals surface area contributed by atoms with Crippen molar-refractivity contribution in [2.45, 2.75) is 147 Å². The number of carbonyl (C=O) groups excluding carboxylic acids is 3. The molecule has 4 amide bonds. The fourth-order valence-electron chi connectivity index (χ4n) is 5.67. The maximum absolute atomic E-state index is 13.0. The van der Waals surface area contributed by atoms with E-state index in [1.165, 1.54) is 69.1 Å². The molecule has 1 aliphatic heterocycles. The average Bonchev–Trinajstić information content (AvgIpc) is 3.15. The van der Waals surface area contributed by atoms with Crippen LogP contribution in [0.1, 0.15) is 135 Å². The van der Waals surface area contributed by atoms with E-state index in [-0.39, 0.29) is 36.5 Å². The number of imide groups is 1. The van der Waals surface area contributed by atoms with Crippen molar-refractivity contribution >= 4 is 17.8 Å². The second-order valence-electron chi connectivity index (χ2n) is 11.1. The number of nitrogens with zero attached hydrogens (tertiary/aromatic N) is 2. The van der Waals surface area contributed by atoms with Crippen LogP contribution in [0.3, 0.4) is 0 Å². The first-order chi connectivity index (χ1) is 17.6. The van der Waals surface area contributed by atoms with Gasteiger partial charge >= 0.3 is 6.03 Å². The normalized spacial score (nSPS) is 17.7. The lowest BCUT2D eigenvalue weighted by molar-refractivity contribution is -0.127. The Balaban J connectivity index is 1.68. The minimum absolute atomic E-state index is 0.0510. The van der Waals surface area contributed by atoms with Crippen LogP contribution in [0.5, 0.6) is 0 Å². The van der Waals surface area contributed by atoms with Crippen LogP contribution < -0.4 is 11.1 Å². The van der Waals surface area contributed by atoms with Gasteiger partial charge in [0.15, 0.2) is 0 Å². The molecule has 2 rings (SSSR count). The molecule has 0 spiro atoms. The van der Waals surface area contributed by atoms with Crippen LogP contribution >= 0.6 is 0 Å². The van der Waals surface area contributed by atoms with Crippen LogP contribution in [0, 0.1) is 0 Å². The SMILES string of the molecule is CCCCCCCCCCCCCC(=O)N[C@@H](CCCCN)CN1CC(=O)N(C2CCCCC2)C1=O. The molecule has 0 bridgehead atoms.